The molecule has 3 unspecified atom stereocenters. The predicted octanol–water partition coefficient (Wildman–Crippen LogP) is 4.12. The topological polar surface area (TPSA) is 29.1 Å². The van der Waals surface area contributed by atoms with Gasteiger partial charge in [-0.15, -0.1) is 0 Å². The highest BCUT2D eigenvalue weighted by Crippen LogP contribution is 2.41. The number of hydrogen-bond acceptors (Lipinski definition) is 1. The first-order valence-corrected chi connectivity index (χ1v) is 7.69. The molecule has 0 spiro atoms. The maximum absolute atomic E-state index is 12.5. The van der Waals surface area contributed by atoms with Crippen LogP contribution in [0.2, 0.25) is 5.02 Å². The van der Waals surface area contributed by atoms with E-state index in [0.717, 1.165) is 17.0 Å². The van der Waals surface area contributed by atoms with Gasteiger partial charge in [0.2, 0.25) is 5.91 Å². The van der Waals surface area contributed by atoms with Gasteiger partial charge in [0.25, 0.3) is 0 Å². The highest BCUT2D eigenvalue weighted by atomic mass is 35.5. The SMILES string of the molecule is CCC1NC(=O)C(c2ccccc2)C1c1ccc(Cl)cc1. The van der Waals surface area contributed by atoms with Crippen molar-refractivity contribution >= 4 is 17.5 Å². The fourth-order valence-corrected chi connectivity index (χ4v) is 3.37. The Labute approximate surface area is 130 Å². The van der Waals surface area contributed by atoms with Crippen LogP contribution in [-0.4, -0.2) is 11.9 Å². The third-order valence-corrected chi connectivity index (χ3v) is 4.51. The summed E-state index contributed by atoms with van der Waals surface area (Å²) in [5.41, 5.74) is 2.24. The minimum Gasteiger partial charge on any atom is -0.352 e. The summed E-state index contributed by atoms with van der Waals surface area (Å²) in [6, 6.07) is 18.0. The molecule has 2 nitrogen and oxygen atoms in total. The highest BCUT2D eigenvalue weighted by molar-refractivity contribution is 6.30. The van der Waals surface area contributed by atoms with Crippen LogP contribution in [0, 0.1) is 0 Å². The third kappa shape index (κ3) is 2.68. The average Bonchev–Trinajstić information content (AvgIpc) is 2.85. The summed E-state index contributed by atoms with van der Waals surface area (Å²) < 4.78 is 0. The van der Waals surface area contributed by atoms with Crippen LogP contribution in [0.1, 0.15) is 36.3 Å². The van der Waals surface area contributed by atoms with Crippen LogP contribution in [0.3, 0.4) is 0 Å². The Bertz CT molecular complexity index is 623. The van der Waals surface area contributed by atoms with Gasteiger partial charge in [0.15, 0.2) is 0 Å². The quantitative estimate of drug-likeness (QED) is 0.907. The van der Waals surface area contributed by atoms with E-state index in [1.54, 1.807) is 0 Å². The molecule has 1 aliphatic heterocycles. The van der Waals surface area contributed by atoms with Crippen molar-refractivity contribution in [3.63, 3.8) is 0 Å². The summed E-state index contributed by atoms with van der Waals surface area (Å²) >= 11 is 5.99. The molecule has 1 amide bonds. The molecule has 0 bridgehead atoms. The lowest BCUT2D eigenvalue weighted by Gasteiger charge is -2.22. The van der Waals surface area contributed by atoms with Crippen molar-refractivity contribution < 1.29 is 4.79 Å². The zero-order chi connectivity index (χ0) is 14.8. The van der Waals surface area contributed by atoms with Crippen LogP contribution in [0.4, 0.5) is 0 Å². The fraction of sp³-hybridized carbons (Fsp3) is 0.278. The molecule has 21 heavy (non-hydrogen) atoms. The standard InChI is InChI=1S/C18H18ClNO/c1-2-15-16(13-8-10-14(19)11-9-13)17(18(21)20-15)12-6-4-3-5-7-12/h3-11,15-17H,2H2,1H3,(H,20,21). The van der Waals surface area contributed by atoms with E-state index in [0.29, 0.717) is 0 Å². The van der Waals surface area contributed by atoms with Gasteiger partial charge in [-0.2, -0.15) is 0 Å². The molecule has 0 aromatic heterocycles. The second-order valence-corrected chi connectivity index (χ2v) is 5.93. The predicted molar refractivity (Wildman–Crippen MR) is 85.6 cm³/mol. The van der Waals surface area contributed by atoms with E-state index >= 15 is 0 Å². The number of carbonyl (C=O) groups is 1. The van der Waals surface area contributed by atoms with Crippen LogP contribution in [-0.2, 0) is 4.79 Å². The Morgan fingerprint density at radius 3 is 2.29 bits per heavy atom. The highest BCUT2D eigenvalue weighted by Gasteiger charge is 2.42. The van der Waals surface area contributed by atoms with Crippen molar-refractivity contribution in [2.75, 3.05) is 0 Å². The van der Waals surface area contributed by atoms with Crippen LogP contribution >= 0.6 is 11.6 Å². The number of carbonyl (C=O) groups excluding carboxylic acids is 1. The van der Waals surface area contributed by atoms with E-state index in [-0.39, 0.29) is 23.8 Å². The summed E-state index contributed by atoms with van der Waals surface area (Å²) in [6.07, 6.45) is 0.919. The molecule has 2 aromatic carbocycles. The van der Waals surface area contributed by atoms with E-state index in [2.05, 4.69) is 12.2 Å². The van der Waals surface area contributed by atoms with Crippen molar-refractivity contribution in [1.29, 1.82) is 0 Å². The summed E-state index contributed by atoms with van der Waals surface area (Å²) in [5, 5.41) is 3.87. The van der Waals surface area contributed by atoms with Gasteiger partial charge >= 0.3 is 0 Å². The maximum atomic E-state index is 12.5. The molecular formula is C18H18ClNO. The lowest BCUT2D eigenvalue weighted by molar-refractivity contribution is -0.120. The first-order valence-electron chi connectivity index (χ1n) is 7.31. The van der Waals surface area contributed by atoms with Gasteiger partial charge in [-0.25, -0.2) is 0 Å². The van der Waals surface area contributed by atoms with Crippen molar-refractivity contribution in [3.05, 3.63) is 70.7 Å². The smallest absolute Gasteiger partial charge is 0.228 e. The zero-order valence-electron chi connectivity index (χ0n) is 11.9. The van der Waals surface area contributed by atoms with Crippen molar-refractivity contribution in [2.45, 2.75) is 31.2 Å². The van der Waals surface area contributed by atoms with Crippen LogP contribution in [0.25, 0.3) is 0 Å². The first-order chi connectivity index (χ1) is 10.2. The van der Waals surface area contributed by atoms with Gasteiger partial charge in [-0.05, 0) is 29.7 Å². The fourth-order valence-electron chi connectivity index (χ4n) is 3.24. The third-order valence-electron chi connectivity index (χ3n) is 4.26. The molecule has 0 aliphatic carbocycles. The number of benzene rings is 2. The van der Waals surface area contributed by atoms with E-state index in [1.165, 1.54) is 5.56 Å². The van der Waals surface area contributed by atoms with Gasteiger partial charge in [-0.1, -0.05) is 61.0 Å². The molecule has 1 N–H and O–H groups in total. The first kappa shape index (κ1) is 14.2. The largest absolute Gasteiger partial charge is 0.352 e. The number of nitrogens with one attached hydrogen (secondary N) is 1. The molecule has 0 radical (unpaired) electrons. The van der Waals surface area contributed by atoms with Gasteiger partial charge in [0.1, 0.15) is 0 Å². The molecule has 108 valence electrons. The molecule has 2 aromatic rings. The Morgan fingerprint density at radius 2 is 1.67 bits per heavy atom. The lowest BCUT2D eigenvalue weighted by atomic mass is 9.79. The molecule has 1 heterocycles. The Hall–Kier alpha value is -1.80. The monoisotopic (exact) mass is 299 g/mol. The Kier molecular flexibility index (Phi) is 3.98. The van der Waals surface area contributed by atoms with Gasteiger partial charge in [-0.3, -0.25) is 4.79 Å². The van der Waals surface area contributed by atoms with E-state index in [4.69, 9.17) is 11.6 Å². The van der Waals surface area contributed by atoms with Crippen LogP contribution < -0.4 is 5.32 Å². The summed E-state index contributed by atoms with van der Waals surface area (Å²) in [5.74, 6) is 0.146. The van der Waals surface area contributed by atoms with Gasteiger partial charge in [0, 0.05) is 17.0 Å². The molecule has 3 heteroatoms. The molecule has 1 fully saturated rings. The number of rotatable bonds is 3. The van der Waals surface area contributed by atoms with Crippen molar-refractivity contribution in [3.8, 4) is 0 Å². The minimum absolute atomic E-state index is 0.119. The number of amides is 1. The second kappa shape index (κ2) is 5.90. The molecular weight excluding hydrogens is 282 g/mol. The van der Waals surface area contributed by atoms with Crippen molar-refractivity contribution in [2.24, 2.45) is 0 Å². The van der Waals surface area contributed by atoms with Gasteiger partial charge in [0.05, 0.1) is 5.92 Å². The van der Waals surface area contributed by atoms with E-state index in [1.807, 2.05) is 54.6 Å². The summed E-state index contributed by atoms with van der Waals surface area (Å²) in [7, 11) is 0. The second-order valence-electron chi connectivity index (χ2n) is 5.49. The molecule has 3 rings (SSSR count). The Morgan fingerprint density at radius 1 is 1.00 bits per heavy atom. The zero-order valence-corrected chi connectivity index (χ0v) is 12.7. The normalized spacial score (nSPS) is 24.9. The average molecular weight is 300 g/mol. The molecule has 3 atom stereocenters. The molecule has 0 saturated carbocycles. The van der Waals surface area contributed by atoms with Crippen molar-refractivity contribution in [1.82, 2.24) is 5.32 Å². The van der Waals surface area contributed by atoms with Gasteiger partial charge < -0.3 is 5.32 Å². The molecule has 1 saturated heterocycles. The van der Waals surface area contributed by atoms with E-state index < -0.39 is 0 Å². The van der Waals surface area contributed by atoms with Crippen LogP contribution in [0.5, 0.6) is 0 Å². The Balaban J connectivity index is 2.03. The number of hydrogen-bond donors (Lipinski definition) is 1. The lowest BCUT2D eigenvalue weighted by Crippen LogP contribution is -2.27. The van der Waals surface area contributed by atoms with E-state index in [9.17, 15) is 4.79 Å². The maximum Gasteiger partial charge on any atom is 0.228 e. The molecule has 1 aliphatic rings. The number of halogens is 1. The summed E-state index contributed by atoms with van der Waals surface area (Å²) in [4.78, 5) is 12.5. The minimum atomic E-state index is -0.127. The van der Waals surface area contributed by atoms with Crippen LogP contribution in [0.15, 0.2) is 54.6 Å². The summed E-state index contributed by atoms with van der Waals surface area (Å²) in [6.45, 7) is 2.11.